The third kappa shape index (κ3) is 3.57. The average Bonchev–Trinajstić information content (AvgIpc) is 2.43. The Balaban J connectivity index is 2.38. The minimum absolute atomic E-state index is 0.0788. The van der Waals surface area contributed by atoms with Crippen LogP contribution in [0.3, 0.4) is 0 Å². The Hall–Kier alpha value is -1.59. The number of carbonyl (C=O) groups excluding carboxylic acids is 2. The van der Waals surface area contributed by atoms with Gasteiger partial charge in [0.1, 0.15) is 12.7 Å². The van der Waals surface area contributed by atoms with Crippen molar-refractivity contribution < 1.29 is 23.8 Å². The molecule has 1 heterocycles. The van der Waals surface area contributed by atoms with E-state index in [9.17, 15) is 9.59 Å². The normalized spacial score (nSPS) is 24.5. The first-order chi connectivity index (χ1) is 6.99. The van der Waals surface area contributed by atoms with Crippen molar-refractivity contribution >= 4 is 17.8 Å². The maximum absolute atomic E-state index is 10.7. The molecule has 0 spiro atoms. The predicted octanol–water partition coefficient (Wildman–Crippen LogP) is 0.247. The standard InChI is InChI=1S/C9H13NO5/c1-5(11)13-4-7-3-8(9(10)15-7)14-6(2)12/h7-8,10H,3-4H2,1-2H3/t7-,8?/m0/s1. The molecular weight excluding hydrogens is 202 g/mol. The first kappa shape index (κ1) is 11.5. The van der Waals surface area contributed by atoms with Gasteiger partial charge in [-0.25, -0.2) is 0 Å². The molecule has 1 unspecified atom stereocenters. The number of hydrogen-bond donors (Lipinski definition) is 1. The molecule has 1 aliphatic heterocycles. The monoisotopic (exact) mass is 215 g/mol. The van der Waals surface area contributed by atoms with Crippen molar-refractivity contribution in [3.05, 3.63) is 0 Å². The fraction of sp³-hybridized carbons (Fsp3) is 0.667. The Kier molecular flexibility index (Phi) is 3.65. The Morgan fingerprint density at radius 2 is 2.13 bits per heavy atom. The van der Waals surface area contributed by atoms with Gasteiger partial charge in [0.15, 0.2) is 6.10 Å². The molecule has 0 aromatic rings. The second-order valence-corrected chi connectivity index (χ2v) is 3.24. The van der Waals surface area contributed by atoms with Gasteiger partial charge in [0.05, 0.1) is 0 Å². The number of hydrogen-bond acceptors (Lipinski definition) is 6. The van der Waals surface area contributed by atoms with Crippen LogP contribution in [0.4, 0.5) is 0 Å². The summed E-state index contributed by atoms with van der Waals surface area (Å²) >= 11 is 0. The van der Waals surface area contributed by atoms with E-state index in [4.69, 9.17) is 19.6 Å². The summed E-state index contributed by atoms with van der Waals surface area (Å²) in [6, 6.07) is 0. The first-order valence-corrected chi connectivity index (χ1v) is 4.54. The minimum atomic E-state index is -0.650. The molecule has 6 heteroatoms. The van der Waals surface area contributed by atoms with Crippen LogP contribution >= 0.6 is 0 Å². The summed E-state index contributed by atoms with van der Waals surface area (Å²) in [6.07, 6.45) is -0.695. The number of ether oxygens (including phenoxy) is 3. The van der Waals surface area contributed by atoms with Crippen LogP contribution in [0, 0.1) is 5.41 Å². The first-order valence-electron chi connectivity index (χ1n) is 4.54. The number of rotatable bonds is 3. The number of esters is 2. The SMILES string of the molecule is CC(=O)OC[C@@H]1CC(OC(C)=O)C(=N)O1. The molecule has 0 aromatic carbocycles. The lowest BCUT2D eigenvalue weighted by atomic mass is 10.2. The fourth-order valence-corrected chi connectivity index (χ4v) is 1.26. The van der Waals surface area contributed by atoms with Gasteiger partial charge >= 0.3 is 11.9 Å². The molecule has 2 atom stereocenters. The second kappa shape index (κ2) is 4.77. The van der Waals surface area contributed by atoms with Crippen LogP contribution in [-0.4, -0.2) is 36.7 Å². The van der Waals surface area contributed by atoms with Crippen molar-refractivity contribution in [2.24, 2.45) is 0 Å². The summed E-state index contributed by atoms with van der Waals surface area (Å²) in [5, 5.41) is 7.38. The molecule has 6 nitrogen and oxygen atoms in total. The quantitative estimate of drug-likeness (QED) is 0.682. The van der Waals surface area contributed by atoms with Crippen molar-refractivity contribution in [2.45, 2.75) is 32.5 Å². The molecule has 1 rings (SSSR count). The zero-order valence-electron chi connectivity index (χ0n) is 8.61. The average molecular weight is 215 g/mol. The Morgan fingerprint density at radius 3 is 2.67 bits per heavy atom. The minimum Gasteiger partial charge on any atom is -0.471 e. The summed E-state index contributed by atoms with van der Waals surface area (Å²) in [4.78, 5) is 21.2. The van der Waals surface area contributed by atoms with E-state index in [0.717, 1.165) is 0 Å². The van der Waals surface area contributed by atoms with Crippen molar-refractivity contribution in [1.82, 2.24) is 0 Å². The molecule has 1 aliphatic rings. The molecule has 0 radical (unpaired) electrons. The topological polar surface area (TPSA) is 85.7 Å². The molecule has 1 saturated heterocycles. The maximum Gasteiger partial charge on any atom is 0.303 e. The molecule has 0 aliphatic carbocycles. The highest BCUT2D eigenvalue weighted by Gasteiger charge is 2.34. The molecule has 1 fully saturated rings. The van der Waals surface area contributed by atoms with Gasteiger partial charge in [-0.05, 0) is 0 Å². The van der Waals surface area contributed by atoms with Gasteiger partial charge in [-0.3, -0.25) is 15.0 Å². The summed E-state index contributed by atoms with van der Waals surface area (Å²) in [5.74, 6) is -0.954. The number of carbonyl (C=O) groups is 2. The van der Waals surface area contributed by atoms with Gasteiger partial charge < -0.3 is 14.2 Å². The van der Waals surface area contributed by atoms with Crippen LogP contribution < -0.4 is 0 Å². The van der Waals surface area contributed by atoms with Crippen LogP contribution in [-0.2, 0) is 23.8 Å². The third-order valence-electron chi connectivity index (χ3n) is 1.84. The van der Waals surface area contributed by atoms with E-state index in [1.165, 1.54) is 13.8 Å². The summed E-state index contributed by atoms with van der Waals surface area (Å²) in [5.41, 5.74) is 0. The molecule has 1 N–H and O–H groups in total. The molecule has 0 amide bonds. The van der Waals surface area contributed by atoms with Gasteiger partial charge in [-0.15, -0.1) is 0 Å². The third-order valence-corrected chi connectivity index (χ3v) is 1.84. The molecule has 0 aromatic heterocycles. The highest BCUT2D eigenvalue weighted by Crippen LogP contribution is 2.18. The van der Waals surface area contributed by atoms with E-state index in [0.29, 0.717) is 6.42 Å². The van der Waals surface area contributed by atoms with E-state index >= 15 is 0 Å². The van der Waals surface area contributed by atoms with Gasteiger partial charge in [0.2, 0.25) is 5.90 Å². The maximum atomic E-state index is 10.7. The van der Waals surface area contributed by atoms with Gasteiger partial charge in [-0.1, -0.05) is 0 Å². The summed E-state index contributed by atoms with van der Waals surface area (Å²) in [7, 11) is 0. The highest BCUT2D eigenvalue weighted by molar-refractivity contribution is 5.82. The lowest BCUT2D eigenvalue weighted by Gasteiger charge is -2.08. The van der Waals surface area contributed by atoms with Gasteiger partial charge in [0, 0.05) is 20.3 Å². The van der Waals surface area contributed by atoms with Crippen molar-refractivity contribution in [3.63, 3.8) is 0 Å². The van der Waals surface area contributed by atoms with E-state index < -0.39 is 24.1 Å². The van der Waals surface area contributed by atoms with Crippen LogP contribution in [0.15, 0.2) is 0 Å². The molecule has 15 heavy (non-hydrogen) atoms. The lowest BCUT2D eigenvalue weighted by molar-refractivity contribution is -0.145. The van der Waals surface area contributed by atoms with Gasteiger partial charge in [0.25, 0.3) is 0 Å². The van der Waals surface area contributed by atoms with E-state index in [1.807, 2.05) is 0 Å². The molecular formula is C9H13NO5. The van der Waals surface area contributed by atoms with Gasteiger partial charge in [-0.2, -0.15) is 0 Å². The van der Waals surface area contributed by atoms with Crippen LogP contribution in [0.2, 0.25) is 0 Å². The van der Waals surface area contributed by atoms with Crippen molar-refractivity contribution in [2.75, 3.05) is 6.61 Å². The Labute approximate surface area is 87.0 Å². The van der Waals surface area contributed by atoms with Crippen LogP contribution in [0.5, 0.6) is 0 Å². The molecule has 84 valence electrons. The van der Waals surface area contributed by atoms with Crippen LogP contribution in [0.1, 0.15) is 20.3 Å². The van der Waals surface area contributed by atoms with E-state index in [1.54, 1.807) is 0 Å². The Bertz CT molecular complexity index is 288. The summed E-state index contributed by atoms with van der Waals surface area (Å²) < 4.78 is 14.6. The number of nitrogens with one attached hydrogen (secondary N) is 1. The van der Waals surface area contributed by atoms with Crippen LogP contribution in [0.25, 0.3) is 0 Å². The Morgan fingerprint density at radius 1 is 1.47 bits per heavy atom. The smallest absolute Gasteiger partial charge is 0.303 e. The highest BCUT2D eigenvalue weighted by atomic mass is 16.6. The van der Waals surface area contributed by atoms with E-state index in [-0.39, 0.29) is 12.5 Å². The molecule has 0 saturated carbocycles. The largest absolute Gasteiger partial charge is 0.471 e. The van der Waals surface area contributed by atoms with E-state index in [2.05, 4.69) is 0 Å². The fourth-order valence-electron chi connectivity index (χ4n) is 1.26. The zero-order valence-corrected chi connectivity index (χ0v) is 8.61. The molecule has 0 bridgehead atoms. The second-order valence-electron chi connectivity index (χ2n) is 3.24. The zero-order chi connectivity index (χ0) is 11.4. The van der Waals surface area contributed by atoms with Crippen molar-refractivity contribution in [3.8, 4) is 0 Å². The summed E-state index contributed by atoms with van der Waals surface area (Å²) in [6.45, 7) is 2.64. The van der Waals surface area contributed by atoms with Crippen molar-refractivity contribution in [1.29, 1.82) is 5.41 Å². The predicted molar refractivity (Wildman–Crippen MR) is 49.4 cm³/mol. The lowest BCUT2D eigenvalue weighted by Crippen LogP contribution is -2.20.